The number of nitrogens with one attached hydrogen (secondary N) is 1. The number of alkyl halides is 1. The predicted molar refractivity (Wildman–Crippen MR) is 60.1 cm³/mol. The molecule has 0 radical (unpaired) electrons. The van der Waals surface area contributed by atoms with Gasteiger partial charge in [-0.3, -0.25) is 4.79 Å². The van der Waals surface area contributed by atoms with E-state index in [1.807, 2.05) is 13.8 Å². The molecule has 0 aliphatic heterocycles. The summed E-state index contributed by atoms with van der Waals surface area (Å²) in [7, 11) is 0. The van der Waals surface area contributed by atoms with Gasteiger partial charge >= 0.3 is 0 Å². The molecule has 1 unspecified atom stereocenters. The van der Waals surface area contributed by atoms with Crippen LogP contribution in [0.3, 0.4) is 0 Å². The summed E-state index contributed by atoms with van der Waals surface area (Å²) < 4.78 is 0. The van der Waals surface area contributed by atoms with E-state index in [4.69, 9.17) is 0 Å². The first-order chi connectivity index (χ1) is 6.09. The maximum absolute atomic E-state index is 11.4. The fourth-order valence-corrected chi connectivity index (χ4v) is 1.15. The monoisotopic (exact) mass is 249 g/mol. The highest BCUT2D eigenvalue weighted by molar-refractivity contribution is 9.10. The van der Waals surface area contributed by atoms with E-state index in [0.29, 0.717) is 5.92 Å². The number of unbranched alkanes of at least 4 members (excludes halogenated alkanes) is 2. The number of hydrogen-bond acceptors (Lipinski definition) is 1. The summed E-state index contributed by atoms with van der Waals surface area (Å²) in [5, 5.41) is 2.91. The first-order valence-corrected chi connectivity index (χ1v) is 5.93. The standard InChI is InChI=1S/C10H20BrNO/c1-4-5-6-7-12-10(13)9(11)8(2)3/h8-9H,4-7H2,1-3H3,(H,12,13). The molecule has 13 heavy (non-hydrogen) atoms. The minimum Gasteiger partial charge on any atom is -0.355 e. The van der Waals surface area contributed by atoms with Gasteiger partial charge in [0, 0.05) is 6.54 Å². The second-order valence-corrected chi connectivity index (χ2v) is 4.63. The topological polar surface area (TPSA) is 29.1 Å². The predicted octanol–water partition coefficient (Wildman–Crippen LogP) is 2.71. The van der Waals surface area contributed by atoms with Gasteiger partial charge in [-0.25, -0.2) is 0 Å². The normalized spacial score (nSPS) is 13.0. The Hall–Kier alpha value is -0.0500. The maximum atomic E-state index is 11.4. The van der Waals surface area contributed by atoms with Gasteiger partial charge in [0.15, 0.2) is 0 Å². The molecule has 0 aliphatic rings. The summed E-state index contributed by atoms with van der Waals surface area (Å²) in [6.07, 6.45) is 3.47. The quantitative estimate of drug-likeness (QED) is 0.570. The van der Waals surface area contributed by atoms with Crippen molar-refractivity contribution >= 4 is 21.8 Å². The van der Waals surface area contributed by atoms with Crippen LogP contribution in [0.2, 0.25) is 0 Å². The summed E-state index contributed by atoms with van der Waals surface area (Å²) in [4.78, 5) is 11.3. The van der Waals surface area contributed by atoms with Crippen LogP contribution < -0.4 is 5.32 Å². The zero-order chi connectivity index (χ0) is 10.3. The number of amides is 1. The lowest BCUT2D eigenvalue weighted by Gasteiger charge is -2.13. The Morgan fingerprint density at radius 3 is 2.46 bits per heavy atom. The molecule has 0 rings (SSSR count). The summed E-state index contributed by atoms with van der Waals surface area (Å²) in [6, 6.07) is 0. The lowest BCUT2D eigenvalue weighted by Crippen LogP contribution is -2.34. The fourth-order valence-electron chi connectivity index (χ4n) is 0.987. The third-order valence-corrected chi connectivity index (χ3v) is 3.39. The minimum atomic E-state index is -0.0471. The maximum Gasteiger partial charge on any atom is 0.234 e. The third kappa shape index (κ3) is 6.08. The molecule has 0 heterocycles. The van der Waals surface area contributed by atoms with Gasteiger partial charge in [0.1, 0.15) is 0 Å². The first-order valence-electron chi connectivity index (χ1n) is 5.01. The number of carbonyl (C=O) groups excluding carboxylic acids is 1. The van der Waals surface area contributed by atoms with Gasteiger partial charge in [0.05, 0.1) is 4.83 Å². The molecule has 0 aromatic carbocycles. The van der Waals surface area contributed by atoms with E-state index in [0.717, 1.165) is 13.0 Å². The fraction of sp³-hybridized carbons (Fsp3) is 0.900. The van der Waals surface area contributed by atoms with Crippen molar-refractivity contribution in [2.75, 3.05) is 6.54 Å². The Balaban J connectivity index is 3.50. The Bertz CT molecular complexity index is 148. The molecular weight excluding hydrogens is 230 g/mol. The van der Waals surface area contributed by atoms with E-state index in [9.17, 15) is 4.79 Å². The van der Waals surface area contributed by atoms with E-state index in [1.165, 1.54) is 12.8 Å². The largest absolute Gasteiger partial charge is 0.355 e. The van der Waals surface area contributed by atoms with Crippen molar-refractivity contribution in [1.29, 1.82) is 0 Å². The molecular formula is C10H20BrNO. The summed E-state index contributed by atoms with van der Waals surface area (Å²) in [6.45, 7) is 7.03. The van der Waals surface area contributed by atoms with Gasteiger partial charge in [0.25, 0.3) is 0 Å². The van der Waals surface area contributed by atoms with Crippen molar-refractivity contribution in [2.45, 2.75) is 44.9 Å². The first kappa shape index (κ1) is 12.9. The smallest absolute Gasteiger partial charge is 0.234 e. The van der Waals surface area contributed by atoms with Crippen LogP contribution in [0.15, 0.2) is 0 Å². The average Bonchev–Trinajstić information content (AvgIpc) is 2.10. The number of rotatable bonds is 6. The lowest BCUT2D eigenvalue weighted by atomic mass is 10.1. The molecule has 1 atom stereocenters. The summed E-state index contributed by atoms with van der Waals surface area (Å²) in [5.41, 5.74) is 0. The molecule has 0 saturated heterocycles. The van der Waals surface area contributed by atoms with Crippen molar-refractivity contribution in [3.63, 3.8) is 0 Å². The van der Waals surface area contributed by atoms with E-state index in [2.05, 4.69) is 28.2 Å². The van der Waals surface area contributed by atoms with Gasteiger partial charge in [0.2, 0.25) is 5.91 Å². The Morgan fingerprint density at radius 1 is 1.38 bits per heavy atom. The number of carbonyl (C=O) groups is 1. The van der Waals surface area contributed by atoms with Crippen molar-refractivity contribution in [2.24, 2.45) is 5.92 Å². The van der Waals surface area contributed by atoms with Crippen LogP contribution in [0.25, 0.3) is 0 Å². The van der Waals surface area contributed by atoms with E-state index in [1.54, 1.807) is 0 Å². The van der Waals surface area contributed by atoms with Gasteiger partial charge in [-0.05, 0) is 12.3 Å². The van der Waals surface area contributed by atoms with E-state index in [-0.39, 0.29) is 10.7 Å². The van der Waals surface area contributed by atoms with Gasteiger partial charge in [-0.1, -0.05) is 49.5 Å². The van der Waals surface area contributed by atoms with Crippen LogP contribution in [0.5, 0.6) is 0 Å². The van der Waals surface area contributed by atoms with Gasteiger partial charge in [-0.2, -0.15) is 0 Å². The van der Waals surface area contributed by atoms with Crippen LogP contribution in [-0.4, -0.2) is 17.3 Å². The molecule has 1 amide bonds. The second kappa shape index (κ2) is 7.36. The highest BCUT2D eigenvalue weighted by atomic mass is 79.9. The molecule has 78 valence electrons. The molecule has 0 aliphatic carbocycles. The average molecular weight is 250 g/mol. The van der Waals surface area contributed by atoms with Crippen LogP contribution in [-0.2, 0) is 4.79 Å². The molecule has 0 aromatic heterocycles. The minimum absolute atomic E-state index is 0.0471. The van der Waals surface area contributed by atoms with E-state index < -0.39 is 0 Å². The highest BCUT2D eigenvalue weighted by Gasteiger charge is 2.17. The highest BCUT2D eigenvalue weighted by Crippen LogP contribution is 2.11. The molecule has 3 heteroatoms. The van der Waals surface area contributed by atoms with Gasteiger partial charge in [-0.15, -0.1) is 0 Å². The Labute approximate surface area is 89.6 Å². The zero-order valence-corrected chi connectivity index (χ0v) is 10.4. The van der Waals surface area contributed by atoms with E-state index >= 15 is 0 Å². The molecule has 2 nitrogen and oxygen atoms in total. The molecule has 0 bridgehead atoms. The van der Waals surface area contributed by atoms with Crippen molar-refractivity contribution in [1.82, 2.24) is 5.32 Å². The number of halogens is 1. The SMILES string of the molecule is CCCCCNC(=O)C(Br)C(C)C. The van der Waals surface area contributed by atoms with Crippen LogP contribution in [0.4, 0.5) is 0 Å². The van der Waals surface area contributed by atoms with Crippen molar-refractivity contribution < 1.29 is 4.79 Å². The Kier molecular flexibility index (Phi) is 7.33. The Morgan fingerprint density at radius 2 is 2.00 bits per heavy atom. The van der Waals surface area contributed by atoms with Gasteiger partial charge < -0.3 is 5.32 Å². The molecule has 1 N–H and O–H groups in total. The molecule has 0 spiro atoms. The molecule has 0 saturated carbocycles. The summed E-state index contributed by atoms with van der Waals surface area (Å²) >= 11 is 3.36. The second-order valence-electron chi connectivity index (χ2n) is 3.64. The van der Waals surface area contributed by atoms with Crippen LogP contribution >= 0.6 is 15.9 Å². The zero-order valence-electron chi connectivity index (χ0n) is 8.77. The van der Waals surface area contributed by atoms with Crippen LogP contribution in [0.1, 0.15) is 40.0 Å². The molecule has 0 aromatic rings. The number of hydrogen-bond donors (Lipinski definition) is 1. The van der Waals surface area contributed by atoms with Crippen LogP contribution in [0, 0.1) is 5.92 Å². The van der Waals surface area contributed by atoms with Crippen molar-refractivity contribution in [3.05, 3.63) is 0 Å². The summed E-state index contributed by atoms with van der Waals surface area (Å²) in [5.74, 6) is 0.470. The van der Waals surface area contributed by atoms with Crippen molar-refractivity contribution in [3.8, 4) is 0 Å². The lowest BCUT2D eigenvalue weighted by molar-refractivity contribution is -0.121. The molecule has 0 fully saturated rings. The third-order valence-electron chi connectivity index (χ3n) is 1.92.